The van der Waals surface area contributed by atoms with Gasteiger partial charge in [0, 0.05) is 13.0 Å². The molecule has 1 N–H and O–H groups in total. The highest BCUT2D eigenvalue weighted by molar-refractivity contribution is 5.85. The van der Waals surface area contributed by atoms with Crippen LogP contribution >= 0.6 is 12.4 Å². The van der Waals surface area contributed by atoms with Crippen molar-refractivity contribution in [3.63, 3.8) is 0 Å². The van der Waals surface area contributed by atoms with Crippen LogP contribution in [0, 0.1) is 5.92 Å². The standard InChI is InChI=1S/C16H22N2O.ClH/c1-18(16(19)13-8-10-17-11-9-13)15-7-6-12-4-2-3-5-14(12)15;/h2-5,13,15,17H,6-11H2,1H3;1H. The normalized spacial score (nSPS) is 21.9. The number of carbonyl (C=O) groups excluding carboxylic acids is 1. The number of nitrogens with zero attached hydrogens (tertiary/aromatic N) is 1. The minimum absolute atomic E-state index is 0. The Morgan fingerprint density at radius 1 is 1.20 bits per heavy atom. The summed E-state index contributed by atoms with van der Waals surface area (Å²) in [6, 6.07) is 8.84. The van der Waals surface area contributed by atoms with Gasteiger partial charge in [-0.1, -0.05) is 24.3 Å². The van der Waals surface area contributed by atoms with E-state index < -0.39 is 0 Å². The Hall–Kier alpha value is -1.06. The average molecular weight is 295 g/mol. The first-order valence-corrected chi connectivity index (χ1v) is 7.32. The highest BCUT2D eigenvalue weighted by Gasteiger charge is 2.32. The topological polar surface area (TPSA) is 32.3 Å². The van der Waals surface area contributed by atoms with Crippen LogP contribution in [0.1, 0.15) is 36.4 Å². The van der Waals surface area contributed by atoms with Crippen molar-refractivity contribution in [3.05, 3.63) is 35.4 Å². The molecule has 2 aliphatic rings. The van der Waals surface area contributed by atoms with Gasteiger partial charge in [0.05, 0.1) is 6.04 Å². The molecule has 1 fully saturated rings. The van der Waals surface area contributed by atoms with Crippen molar-refractivity contribution in [1.82, 2.24) is 10.2 Å². The van der Waals surface area contributed by atoms with Gasteiger partial charge in [0.1, 0.15) is 0 Å². The molecule has 20 heavy (non-hydrogen) atoms. The number of hydrogen-bond donors (Lipinski definition) is 1. The Morgan fingerprint density at radius 2 is 1.90 bits per heavy atom. The molecule has 1 aliphatic carbocycles. The van der Waals surface area contributed by atoms with Gasteiger partial charge < -0.3 is 10.2 Å². The molecule has 0 radical (unpaired) electrons. The minimum Gasteiger partial charge on any atom is -0.338 e. The third-order valence-electron chi connectivity index (χ3n) is 4.60. The molecule has 110 valence electrons. The van der Waals surface area contributed by atoms with Crippen LogP contribution < -0.4 is 5.32 Å². The first-order valence-electron chi connectivity index (χ1n) is 7.32. The number of fused-ring (bicyclic) bond motifs is 1. The summed E-state index contributed by atoms with van der Waals surface area (Å²) in [5.41, 5.74) is 2.77. The fourth-order valence-corrected chi connectivity index (χ4v) is 3.45. The van der Waals surface area contributed by atoms with Crippen molar-refractivity contribution < 1.29 is 4.79 Å². The van der Waals surface area contributed by atoms with E-state index in [1.54, 1.807) is 0 Å². The molecule has 1 amide bonds. The second-order valence-corrected chi connectivity index (χ2v) is 5.73. The minimum atomic E-state index is 0. The third kappa shape index (κ3) is 2.84. The van der Waals surface area contributed by atoms with Gasteiger partial charge in [-0.2, -0.15) is 0 Å². The van der Waals surface area contributed by atoms with E-state index in [2.05, 4.69) is 29.6 Å². The number of carbonyl (C=O) groups is 1. The number of rotatable bonds is 2. The predicted octanol–water partition coefficient (Wildman–Crippen LogP) is 2.55. The number of nitrogens with one attached hydrogen (secondary N) is 1. The fraction of sp³-hybridized carbons (Fsp3) is 0.562. The maximum Gasteiger partial charge on any atom is 0.226 e. The van der Waals surface area contributed by atoms with Gasteiger partial charge in [-0.15, -0.1) is 12.4 Å². The van der Waals surface area contributed by atoms with Crippen LogP contribution in [0.2, 0.25) is 0 Å². The summed E-state index contributed by atoms with van der Waals surface area (Å²) in [5, 5.41) is 3.32. The lowest BCUT2D eigenvalue weighted by atomic mass is 9.95. The van der Waals surface area contributed by atoms with E-state index in [0.29, 0.717) is 11.9 Å². The van der Waals surface area contributed by atoms with Gasteiger partial charge in [0.25, 0.3) is 0 Å². The quantitative estimate of drug-likeness (QED) is 0.909. The number of aryl methyl sites for hydroxylation is 1. The maximum absolute atomic E-state index is 12.6. The molecular weight excluding hydrogens is 272 g/mol. The molecule has 3 nitrogen and oxygen atoms in total. The molecule has 1 aromatic rings. The molecule has 0 saturated carbocycles. The number of benzene rings is 1. The van der Waals surface area contributed by atoms with E-state index in [0.717, 1.165) is 38.8 Å². The summed E-state index contributed by atoms with van der Waals surface area (Å²) in [4.78, 5) is 14.6. The Morgan fingerprint density at radius 3 is 2.65 bits per heavy atom. The summed E-state index contributed by atoms with van der Waals surface area (Å²) in [5.74, 6) is 0.558. The average Bonchev–Trinajstić information content (AvgIpc) is 2.90. The Balaban J connectivity index is 0.00000147. The van der Waals surface area contributed by atoms with Crippen molar-refractivity contribution >= 4 is 18.3 Å². The zero-order valence-corrected chi connectivity index (χ0v) is 12.8. The van der Waals surface area contributed by atoms with E-state index in [1.165, 1.54) is 11.1 Å². The zero-order chi connectivity index (χ0) is 13.2. The molecule has 0 spiro atoms. The van der Waals surface area contributed by atoms with Crippen LogP contribution in [0.5, 0.6) is 0 Å². The van der Waals surface area contributed by atoms with Crippen LogP contribution in [-0.4, -0.2) is 30.9 Å². The van der Waals surface area contributed by atoms with Gasteiger partial charge in [-0.25, -0.2) is 0 Å². The Kier molecular flexibility index (Phi) is 5.06. The van der Waals surface area contributed by atoms with E-state index in [9.17, 15) is 4.79 Å². The summed E-state index contributed by atoms with van der Waals surface area (Å²) in [6.45, 7) is 1.96. The first-order chi connectivity index (χ1) is 9.27. The molecule has 0 aromatic heterocycles. The highest BCUT2D eigenvalue weighted by atomic mass is 35.5. The van der Waals surface area contributed by atoms with Crippen LogP contribution in [0.4, 0.5) is 0 Å². The zero-order valence-electron chi connectivity index (χ0n) is 12.0. The number of piperidine rings is 1. The van der Waals surface area contributed by atoms with Crippen LogP contribution in [0.15, 0.2) is 24.3 Å². The molecule has 1 saturated heterocycles. The lowest BCUT2D eigenvalue weighted by Crippen LogP contribution is -2.40. The molecule has 1 heterocycles. The smallest absolute Gasteiger partial charge is 0.226 e. The van der Waals surface area contributed by atoms with Crippen molar-refractivity contribution in [2.24, 2.45) is 5.92 Å². The van der Waals surface area contributed by atoms with Crippen LogP contribution in [0.3, 0.4) is 0 Å². The maximum atomic E-state index is 12.6. The van der Waals surface area contributed by atoms with E-state index in [-0.39, 0.29) is 18.3 Å². The van der Waals surface area contributed by atoms with E-state index in [1.807, 2.05) is 11.9 Å². The largest absolute Gasteiger partial charge is 0.338 e. The third-order valence-corrected chi connectivity index (χ3v) is 4.60. The van der Waals surface area contributed by atoms with Crippen molar-refractivity contribution in [2.75, 3.05) is 20.1 Å². The monoisotopic (exact) mass is 294 g/mol. The lowest BCUT2D eigenvalue weighted by molar-refractivity contribution is -0.137. The second-order valence-electron chi connectivity index (χ2n) is 5.73. The van der Waals surface area contributed by atoms with Gasteiger partial charge in [0.2, 0.25) is 5.91 Å². The fourth-order valence-electron chi connectivity index (χ4n) is 3.45. The summed E-state index contributed by atoms with van der Waals surface area (Å²) >= 11 is 0. The van der Waals surface area contributed by atoms with E-state index in [4.69, 9.17) is 0 Å². The molecule has 1 aromatic carbocycles. The number of halogens is 1. The second kappa shape index (κ2) is 6.59. The van der Waals surface area contributed by atoms with Gasteiger partial charge >= 0.3 is 0 Å². The summed E-state index contributed by atoms with van der Waals surface area (Å²) in [7, 11) is 1.98. The molecule has 0 bridgehead atoms. The SMILES string of the molecule is CN(C(=O)C1CCNCC1)C1CCc2ccccc21.Cl. The molecule has 1 atom stereocenters. The Bertz CT molecular complexity index is 471. The molecular formula is C16H23ClN2O. The predicted molar refractivity (Wildman–Crippen MR) is 83.1 cm³/mol. The van der Waals surface area contributed by atoms with Gasteiger partial charge in [0.15, 0.2) is 0 Å². The van der Waals surface area contributed by atoms with Crippen LogP contribution in [0.25, 0.3) is 0 Å². The lowest BCUT2D eigenvalue weighted by Gasteiger charge is -2.31. The number of amides is 1. The van der Waals surface area contributed by atoms with Gasteiger partial charge in [-0.3, -0.25) is 4.79 Å². The van der Waals surface area contributed by atoms with Gasteiger partial charge in [-0.05, 0) is 49.9 Å². The molecule has 1 aliphatic heterocycles. The summed E-state index contributed by atoms with van der Waals surface area (Å²) in [6.07, 6.45) is 4.15. The molecule has 3 rings (SSSR count). The highest BCUT2D eigenvalue weighted by Crippen LogP contribution is 2.35. The van der Waals surface area contributed by atoms with Crippen molar-refractivity contribution in [2.45, 2.75) is 31.7 Å². The van der Waals surface area contributed by atoms with Crippen molar-refractivity contribution in [3.8, 4) is 0 Å². The first kappa shape index (κ1) is 15.3. The van der Waals surface area contributed by atoms with E-state index >= 15 is 0 Å². The van der Waals surface area contributed by atoms with Crippen molar-refractivity contribution in [1.29, 1.82) is 0 Å². The molecule has 1 unspecified atom stereocenters. The van der Waals surface area contributed by atoms with Crippen LogP contribution in [-0.2, 0) is 11.2 Å². The Labute approximate surface area is 127 Å². The number of hydrogen-bond acceptors (Lipinski definition) is 2. The molecule has 4 heteroatoms. The summed E-state index contributed by atoms with van der Waals surface area (Å²) < 4.78 is 0.